The third kappa shape index (κ3) is 4.43. The molecule has 0 fully saturated rings. The Kier molecular flexibility index (Phi) is 5.70. The van der Waals surface area contributed by atoms with Crippen LogP contribution in [0.3, 0.4) is 0 Å². The third-order valence-electron chi connectivity index (χ3n) is 2.73. The summed E-state index contributed by atoms with van der Waals surface area (Å²) in [4.78, 5) is 5.42. The number of aliphatic hydroxyl groups is 1. The molecule has 0 saturated heterocycles. The van der Waals surface area contributed by atoms with E-state index in [9.17, 15) is 0 Å². The van der Waals surface area contributed by atoms with E-state index >= 15 is 0 Å². The standard InChI is InChI=1S/C15H18N2O2S/c1-20-14-5-2-12(3-6-14)10-16-13-4-7-15(17-11-13)19-9-8-18/h2-7,11,16,18H,8-10H2,1H3. The van der Waals surface area contributed by atoms with E-state index in [0.717, 1.165) is 12.2 Å². The molecule has 0 radical (unpaired) electrons. The minimum Gasteiger partial charge on any atom is -0.475 e. The number of pyridine rings is 1. The normalized spacial score (nSPS) is 10.3. The zero-order chi connectivity index (χ0) is 14.2. The van der Waals surface area contributed by atoms with Gasteiger partial charge in [-0.3, -0.25) is 0 Å². The van der Waals surface area contributed by atoms with Crippen molar-refractivity contribution in [1.29, 1.82) is 0 Å². The smallest absolute Gasteiger partial charge is 0.213 e. The number of hydrogen-bond donors (Lipinski definition) is 2. The lowest BCUT2D eigenvalue weighted by Gasteiger charge is -2.08. The lowest BCUT2D eigenvalue weighted by molar-refractivity contribution is 0.196. The molecule has 2 rings (SSSR count). The van der Waals surface area contributed by atoms with Crippen molar-refractivity contribution in [2.45, 2.75) is 11.4 Å². The molecule has 0 aliphatic heterocycles. The number of nitrogens with one attached hydrogen (secondary N) is 1. The fourth-order valence-electron chi connectivity index (χ4n) is 1.67. The number of anilines is 1. The van der Waals surface area contributed by atoms with Crippen LogP contribution in [0, 0.1) is 0 Å². The Balaban J connectivity index is 1.86. The summed E-state index contributed by atoms with van der Waals surface area (Å²) in [6.45, 7) is 1.02. The van der Waals surface area contributed by atoms with Crippen LogP contribution in [0.5, 0.6) is 5.88 Å². The highest BCUT2D eigenvalue weighted by atomic mass is 32.2. The van der Waals surface area contributed by atoms with E-state index in [4.69, 9.17) is 9.84 Å². The molecule has 0 aliphatic rings. The first-order chi connectivity index (χ1) is 9.81. The Labute approximate surface area is 123 Å². The maximum absolute atomic E-state index is 8.66. The van der Waals surface area contributed by atoms with E-state index in [1.54, 1.807) is 24.0 Å². The average molecular weight is 290 g/mol. The Bertz CT molecular complexity index is 514. The van der Waals surface area contributed by atoms with Gasteiger partial charge in [-0.15, -0.1) is 11.8 Å². The number of benzene rings is 1. The predicted molar refractivity (Wildman–Crippen MR) is 82.4 cm³/mol. The van der Waals surface area contributed by atoms with Crippen molar-refractivity contribution in [2.24, 2.45) is 0 Å². The van der Waals surface area contributed by atoms with E-state index in [1.807, 2.05) is 6.07 Å². The number of nitrogens with zero attached hydrogens (tertiary/aromatic N) is 1. The van der Waals surface area contributed by atoms with Crippen LogP contribution in [-0.4, -0.2) is 29.6 Å². The molecule has 2 aromatic rings. The number of ether oxygens (including phenoxy) is 1. The molecule has 5 heteroatoms. The highest BCUT2D eigenvalue weighted by molar-refractivity contribution is 7.98. The zero-order valence-electron chi connectivity index (χ0n) is 11.4. The van der Waals surface area contributed by atoms with Gasteiger partial charge in [0.2, 0.25) is 5.88 Å². The fraction of sp³-hybridized carbons (Fsp3) is 0.267. The Morgan fingerprint density at radius 2 is 2.00 bits per heavy atom. The Morgan fingerprint density at radius 3 is 2.60 bits per heavy atom. The van der Waals surface area contributed by atoms with E-state index in [2.05, 4.69) is 40.8 Å². The van der Waals surface area contributed by atoms with Gasteiger partial charge in [-0.05, 0) is 30.0 Å². The third-order valence-corrected chi connectivity index (χ3v) is 3.48. The van der Waals surface area contributed by atoms with Crippen molar-refractivity contribution in [3.63, 3.8) is 0 Å². The molecule has 0 unspecified atom stereocenters. The van der Waals surface area contributed by atoms with Gasteiger partial charge in [-0.2, -0.15) is 0 Å². The predicted octanol–water partition coefficient (Wildman–Crippen LogP) is 2.79. The van der Waals surface area contributed by atoms with Crippen LogP contribution in [-0.2, 0) is 6.54 Å². The second-order valence-corrected chi connectivity index (χ2v) is 5.04. The molecular formula is C15H18N2O2S. The van der Waals surface area contributed by atoms with Crippen molar-refractivity contribution in [2.75, 3.05) is 24.8 Å². The SMILES string of the molecule is CSc1ccc(CNc2ccc(OCCO)nc2)cc1. The molecule has 1 heterocycles. The van der Waals surface area contributed by atoms with E-state index in [0.29, 0.717) is 5.88 Å². The van der Waals surface area contributed by atoms with Crippen molar-refractivity contribution in [3.8, 4) is 5.88 Å². The first kappa shape index (κ1) is 14.7. The summed E-state index contributed by atoms with van der Waals surface area (Å²) in [6, 6.07) is 12.2. The van der Waals surface area contributed by atoms with Crippen molar-refractivity contribution >= 4 is 17.4 Å². The van der Waals surface area contributed by atoms with Crippen molar-refractivity contribution in [3.05, 3.63) is 48.2 Å². The van der Waals surface area contributed by atoms with Gasteiger partial charge in [0, 0.05) is 17.5 Å². The highest BCUT2D eigenvalue weighted by Gasteiger charge is 1.98. The molecule has 0 aliphatic carbocycles. The van der Waals surface area contributed by atoms with Crippen LogP contribution in [0.15, 0.2) is 47.5 Å². The molecule has 0 bridgehead atoms. The summed E-state index contributed by atoms with van der Waals surface area (Å²) in [7, 11) is 0. The number of hydrogen-bond acceptors (Lipinski definition) is 5. The summed E-state index contributed by atoms with van der Waals surface area (Å²) in [6.07, 6.45) is 3.79. The molecule has 20 heavy (non-hydrogen) atoms. The van der Waals surface area contributed by atoms with Gasteiger partial charge in [-0.25, -0.2) is 4.98 Å². The second-order valence-electron chi connectivity index (χ2n) is 4.16. The van der Waals surface area contributed by atoms with Gasteiger partial charge in [0.15, 0.2) is 0 Å². The first-order valence-electron chi connectivity index (χ1n) is 6.38. The van der Waals surface area contributed by atoms with Crippen LogP contribution in [0.2, 0.25) is 0 Å². The summed E-state index contributed by atoms with van der Waals surface area (Å²) in [5, 5.41) is 12.0. The molecule has 1 aromatic heterocycles. The molecule has 4 nitrogen and oxygen atoms in total. The maximum atomic E-state index is 8.66. The molecule has 106 valence electrons. The largest absolute Gasteiger partial charge is 0.475 e. The Morgan fingerprint density at radius 1 is 1.20 bits per heavy atom. The van der Waals surface area contributed by atoms with Crippen LogP contribution < -0.4 is 10.1 Å². The fourth-order valence-corrected chi connectivity index (χ4v) is 2.08. The molecule has 0 amide bonds. The zero-order valence-corrected chi connectivity index (χ0v) is 12.2. The van der Waals surface area contributed by atoms with Crippen molar-refractivity contribution < 1.29 is 9.84 Å². The van der Waals surface area contributed by atoms with Gasteiger partial charge in [-0.1, -0.05) is 12.1 Å². The van der Waals surface area contributed by atoms with Crippen molar-refractivity contribution in [1.82, 2.24) is 4.98 Å². The quantitative estimate of drug-likeness (QED) is 0.768. The van der Waals surface area contributed by atoms with Gasteiger partial charge >= 0.3 is 0 Å². The van der Waals surface area contributed by atoms with Crippen LogP contribution >= 0.6 is 11.8 Å². The summed E-state index contributed by atoms with van der Waals surface area (Å²) >= 11 is 1.74. The number of aliphatic hydroxyl groups excluding tert-OH is 1. The topological polar surface area (TPSA) is 54.4 Å². The van der Waals surface area contributed by atoms with Crippen LogP contribution in [0.1, 0.15) is 5.56 Å². The van der Waals surface area contributed by atoms with E-state index < -0.39 is 0 Å². The Hall–Kier alpha value is -1.72. The molecule has 2 N–H and O–H groups in total. The monoisotopic (exact) mass is 290 g/mol. The molecule has 0 saturated carbocycles. The highest BCUT2D eigenvalue weighted by Crippen LogP contribution is 2.16. The summed E-state index contributed by atoms with van der Waals surface area (Å²) in [5.74, 6) is 0.522. The minimum absolute atomic E-state index is 0.00623. The van der Waals surface area contributed by atoms with Gasteiger partial charge in [0.1, 0.15) is 6.61 Å². The van der Waals surface area contributed by atoms with Gasteiger partial charge in [0.25, 0.3) is 0 Å². The summed E-state index contributed by atoms with van der Waals surface area (Å²) in [5.41, 5.74) is 2.17. The van der Waals surface area contributed by atoms with Gasteiger partial charge < -0.3 is 15.2 Å². The molecule has 0 spiro atoms. The van der Waals surface area contributed by atoms with Gasteiger partial charge in [0.05, 0.1) is 18.5 Å². The van der Waals surface area contributed by atoms with Crippen LogP contribution in [0.4, 0.5) is 5.69 Å². The van der Waals surface area contributed by atoms with Crippen LogP contribution in [0.25, 0.3) is 0 Å². The number of rotatable bonds is 7. The maximum Gasteiger partial charge on any atom is 0.213 e. The average Bonchev–Trinajstić information content (AvgIpc) is 2.52. The van der Waals surface area contributed by atoms with E-state index in [1.165, 1.54) is 10.5 Å². The molecule has 0 atom stereocenters. The van der Waals surface area contributed by atoms with E-state index in [-0.39, 0.29) is 13.2 Å². The number of aromatic nitrogens is 1. The number of thioether (sulfide) groups is 1. The first-order valence-corrected chi connectivity index (χ1v) is 7.61. The molecule has 1 aromatic carbocycles. The molecular weight excluding hydrogens is 272 g/mol. The second kappa shape index (κ2) is 7.77. The summed E-state index contributed by atoms with van der Waals surface area (Å²) < 4.78 is 5.21. The lowest BCUT2D eigenvalue weighted by atomic mass is 10.2. The lowest BCUT2D eigenvalue weighted by Crippen LogP contribution is -2.04. The minimum atomic E-state index is -0.00623.